The average molecular weight is 384 g/mol. The van der Waals surface area contributed by atoms with Gasteiger partial charge >= 0.3 is 0 Å². The van der Waals surface area contributed by atoms with E-state index in [1.807, 2.05) is 28.7 Å². The molecule has 0 bridgehead atoms. The van der Waals surface area contributed by atoms with Gasteiger partial charge in [0.05, 0.1) is 0 Å². The topological polar surface area (TPSA) is 66.0 Å². The first kappa shape index (κ1) is 15.1. The van der Waals surface area contributed by atoms with E-state index in [0.717, 1.165) is 23.0 Å². The zero-order valence-electron chi connectivity index (χ0n) is 11.4. The summed E-state index contributed by atoms with van der Waals surface area (Å²) in [5.41, 5.74) is 0.0912. The van der Waals surface area contributed by atoms with Gasteiger partial charge in [-0.05, 0) is 53.5 Å². The van der Waals surface area contributed by atoms with Crippen LogP contribution in [-0.4, -0.2) is 11.9 Å². The number of carbonyl (C=O) groups excluding carboxylic acids is 1. The van der Waals surface area contributed by atoms with Gasteiger partial charge < -0.3 is 9.73 Å². The summed E-state index contributed by atoms with van der Waals surface area (Å²) in [5, 5.41) is 12.1. The predicted octanol–water partition coefficient (Wildman–Crippen LogP) is 3.49. The molecule has 5 heteroatoms. The minimum absolute atomic E-state index is 0.0912. The molecule has 20 heavy (non-hydrogen) atoms. The summed E-state index contributed by atoms with van der Waals surface area (Å²) in [6.45, 7) is 2.15. The maximum atomic E-state index is 12.2. The van der Waals surface area contributed by atoms with Gasteiger partial charge in [-0.25, -0.2) is 0 Å². The molecule has 1 heterocycles. The number of rotatable bonds is 3. The molecule has 0 saturated heterocycles. The number of amides is 1. The second kappa shape index (κ2) is 6.93. The Morgan fingerprint density at radius 3 is 2.85 bits per heavy atom. The van der Waals surface area contributed by atoms with Crippen LogP contribution >= 0.6 is 22.6 Å². The Morgan fingerprint density at radius 1 is 1.50 bits per heavy atom. The smallest absolute Gasteiger partial charge is 0.262 e. The van der Waals surface area contributed by atoms with E-state index in [4.69, 9.17) is 9.68 Å². The van der Waals surface area contributed by atoms with Crippen LogP contribution in [0.5, 0.6) is 0 Å². The Morgan fingerprint density at radius 2 is 2.25 bits per heavy atom. The summed E-state index contributed by atoms with van der Waals surface area (Å²) < 4.78 is 6.09. The number of halogens is 1. The zero-order valence-corrected chi connectivity index (χ0v) is 13.5. The molecule has 2 rings (SSSR count). The lowest BCUT2D eigenvalue weighted by Crippen LogP contribution is -2.41. The van der Waals surface area contributed by atoms with Crippen molar-refractivity contribution in [2.24, 2.45) is 5.92 Å². The Bertz CT molecular complexity index is 556. The van der Waals surface area contributed by atoms with Gasteiger partial charge in [-0.3, -0.25) is 4.79 Å². The maximum absolute atomic E-state index is 12.2. The molecule has 0 aliphatic heterocycles. The molecule has 1 fully saturated rings. The van der Waals surface area contributed by atoms with E-state index in [9.17, 15) is 4.79 Å². The number of hydrogen-bond acceptors (Lipinski definition) is 3. The molecule has 0 radical (unpaired) electrons. The third-order valence-corrected chi connectivity index (χ3v) is 4.25. The van der Waals surface area contributed by atoms with Crippen molar-refractivity contribution in [2.75, 3.05) is 0 Å². The lowest BCUT2D eigenvalue weighted by Gasteiger charge is -2.29. The van der Waals surface area contributed by atoms with E-state index >= 15 is 0 Å². The standard InChI is InChI=1S/C15H17IN2O2/c1-10-4-2-3-5-13(10)18-15(19)11(9-17)8-12-6-7-14(16)20-12/h6-8,10,13H,2-5H2,1H3,(H,18,19)/b11-8+/t10-,13-/m1/s1. The highest BCUT2D eigenvalue weighted by atomic mass is 127. The summed E-state index contributed by atoms with van der Waals surface area (Å²) in [7, 11) is 0. The largest absolute Gasteiger partial charge is 0.451 e. The first-order chi connectivity index (χ1) is 9.60. The summed E-state index contributed by atoms with van der Waals surface area (Å²) in [5.74, 6) is 0.688. The Kier molecular flexibility index (Phi) is 5.24. The van der Waals surface area contributed by atoms with Gasteiger partial charge in [0.1, 0.15) is 17.4 Å². The van der Waals surface area contributed by atoms with Crippen molar-refractivity contribution >= 4 is 34.6 Å². The van der Waals surface area contributed by atoms with Crippen molar-refractivity contribution < 1.29 is 9.21 Å². The number of nitrogens with zero attached hydrogens (tertiary/aromatic N) is 1. The first-order valence-electron chi connectivity index (χ1n) is 6.78. The molecule has 1 aromatic rings. The van der Waals surface area contributed by atoms with Gasteiger partial charge in [0.15, 0.2) is 3.77 Å². The molecule has 0 unspecified atom stereocenters. The molecule has 1 aliphatic rings. The van der Waals surface area contributed by atoms with Crippen LogP contribution in [-0.2, 0) is 4.79 Å². The summed E-state index contributed by atoms with van der Waals surface area (Å²) in [4.78, 5) is 12.2. The van der Waals surface area contributed by atoms with Crippen LogP contribution in [0, 0.1) is 21.0 Å². The van der Waals surface area contributed by atoms with Gasteiger partial charge in [0.2, 0.25) is 0 Å². The summed E-state index contributed by atoms with van der Waals surface area (Å²) >= 11 is 2.04. The van der Waals surface area contributed by atoms with Crippen molar-refractivity contribution in [3.63, 3.8) is 0 Å². The molecule has 106 valence electrons. The van der Waals surface area contributed by atoms with Crippen LogP contribution in [0.2, 0.25) is 0 Å². The highest BCUT2D eigenvalue weighted by molar-refractivity contribution is 14.1. The molecule has 1 saturated carbocycles. The minimum Gasteiger partial charge on any atom is -0.451 e. The van der Waals surface area contributed by atoms with Crippen molar-refractivity contribution in [1.29, 1.82) is 5.26 Å². The van der Waals surface area contributed by atoms with Crippen LogP contribution in [0.15, 0.2) is 22.1 Å². The van der Waals surface area contributed by atoms with Crippen molar-refractivity contribution in [3.05, 3.63) is 27.2 Å². The fourth-order valence-electron chi connectivity index (χ4n) is 2.47. The number of hydrogen-bond donors (Lipinski definition) is 1. The van der Waals surface area contributed by atoms with Crippen LogP contribution in [0.1, 0.15) is 38.4 Å². The second-order valence-corrected chi connectivity index (χ2v) is 6.22. The van der Waals surface area contributed by atoms with Gasteiger partial charge in [-0.2, -0.15) is 5.26 Å². The van der Waals surface area contributed by atoms with Gasteiger partial charge in [-0.1, -0.05) is 19.8 Å². The molecule has 1 N–H and O–H groups in total. The number of nitriles is 1. The first-order valence-corrected chi connectivity index (χ1v) is 7.86. The number of nitrogens with one attached hydrogen (secondary N) is 1. The van der Waals surface area contributed by atoms with E-state index in [-0.39, 0.29) is 17.5 Å². The zero-order chi connectivity index (χ0) is 14.5. The molecule has 1 amide bonds. The quantitative estimate of drug-likeness (QED) is 0.493. The predicted molar refractivity (Wildman–Crippen MR) is 84.6 cm³/mol. The molecule has 1 aliphatic carbocycles. The van der Waals surface area contributed by atoms with E-state index in [1.54, 1.807) is 12.1 Å². The fraction of sp³-hybridized carbons (Fsp3) is 0.467. The van der Waals surface area contributed by atoms with Crippen LogP contribution in [0.3, 0.4) is 0 Å². The Hall–Kier alpha value is -1.29. The molecule has 0 aromatic carbocycles. The Labute approximate surface area is 132 Å². The molecule has 4 nitrogen and oxygen atoms in total. The monoisotopic (exact) mass is 384 g/mol. The molecular weight excluding hydrogens is 367 g/mol. The number of furan rings is 1. The number of carbonyl (C=O) groups is 1. The van der Waals surface area contributed by atoms with Crippen molar-refractivity contribution in [1.82, 2.24) is 5.32 Å². The van der Waals surface area contributed by atoms with Crippen LogP contribution in [0.4, 0.5) is 0 Å². The van der Waals surface area contributed by atoms with Crippen molar-refractivity contribution in [2.45, 2.75) is 38.6 Å². The lowest BCUT2D eigenvalue weighted by molar-refractivity contribution is -0.118. The molecule has 2 atom stereocenters. The molecule has 0 spiro atoms. The van der Waals surface area contributed by atoms with Crippen LogP contribution < -0.4 is 5.32 Å². The van der Waals surface area contributed by atoms with E-state index in [1.165, 1.54) is 12.5 Å². The summed E-state index contributed by atoms with van der Waals surface area (Å²) in [6, 6.07) is 5.66. The summed E-state index contributed by atoms with van der Waals surface area (Å²) in [6.07, 6.45) is 5.97. The lowest BCUT2D eigenvalue weighted by atomic mass is 9.86. The van der Waals surface area contributed by atoms with Gasteiger partial charge in [-0.15, -0.1) is 0 Å². The normalized spacial score (nSPS) is 23.1. The highest BCUT2D eigenvalue weighted by Gasteiger charge is 2.24. The van der Waals surface area contributed by atoms with E-state index in [2.05, 4.69) is 12.2 Å². The average Bonchev–Trinajstić information content (AvgIpc) is 2.84. The SMILES string of the molecule is C[C@@H]1CCCC[C@H]1NC(=O)/C(C#N)=C/c1ccc(I)o1. The maximum Gasteiger partial charge on any atom is 0.262 e. The third-order valence-electron chi connectivity index (χ3n) is 3.67. The Balaban J connectivity index is 2.06. The second-order valence-electron chi connectivity index (χ2n) is 5.15. The third kappa shape index (κ3) is 3.85. The highest BCUT2D eigenvalue weighted by Crippen LogP contribution is 2.24. The van der Waals surface area contributed by atoms with Crippen molar-refractivity contribution in [3.8, 4) is 6.07 Å². The van der Waals surface area contributed by atoms with Crippen LogP contribution in [0.25, 0.3) is 6.08 Å². The molecular formula is C15H17IN2O2. The molecule has 1 aromatic heterocycles. The van der Waals surface area contributed by atoms with E-state index in [0.29, 0.717) is 11.7 Å². The van der Waals surface area contributed by atoms with Gasteiger partial charge in [0.25, 0.3) is 5.91 Å². The fourth-order valence-corrected chi connectivity index (χ4v) is 2.91. The van der Waals surface area contributed by atoms with Gasteiger partial charge in [0, 0.05) is 12.1 Å². The van der Waals surface area contributed by atoms with E-state index < -0.39 is 0 Å². The minimum atomic E-state index is -0.308.